The first-order chi connectivity index (χ1) is 9.50. The minimum Gasteiger partial charge on any atom is -0.297 e. The number of hydrogen-bond donors (Lipinski definition) is 0. The van der Waals surface area contributed by atoms with Crippen molar-refractivity contribution in [1.82, 2.24) is 9.80 Å². The zero-order chi connectivity index (χ0) is 14.6. The smallest absolute Gasteiger partial charge is 0.297 e. The fourth-order valence-corrected chi connectivity index (χ4v) is 2.41. The molecule has 0 atom stereocenters. The summed E-state index contributed by atoms with van der Waals surface area (Å²) >= 11 is 0. The highest BCUT2D eigenvalue weighted by Crippen LogP contribution is 2.32. The summed E-state index contributed by atoms with van der Waals surface area (Å²) in [6, 6.07) is 5.77. The second-order valence-electron chi connectivity index (χ2n) is 4.91. The molecule has 0 bridgehead atoms. The molecular formula is C15H17F3N2. The van der Waals surface area contributed by atoms with Crippen molar-refractivity contribution in [1.29, 1.82) is 0 Å². The predicted octanol–water partition coefficient (Wildman–Crippen LogP) is 2.46. The van der Waals surface area contributed by atoms with Gasteiger partial charge in [0.2, 0.25) is 0 Å². The molecule has 1 aliphatic rings. The number of terminal acetylenes is 1. The number of hydrogen-bond acceptors (Lipinski definition) is 2. The summed E-state index contributed by atoms with van der Waals surface area (Å²) in [5.74, 6) is 2.59. The maximum atomic E-state index is 12.9. The summed E-state index contributed by atoms with van der Waals surface area (Å²) in [5.41, 5.74) is -0.198. The van der Waals surface area contributed by atoms with Crippen LogP contribution in [0.3, 0.4) is 0 Å². The average Bonchev–Trinajstić information content (AvgIpc) is 2.41. The van der Waals surface area contributed by atoms with Crippen molar-refractivity contribution in [3.63, 3.8) is 0 Å². The Morgan fingerprint density at radius 2 is 1.65 bits per heavy atom. The van der Waals surface area contributed by atoms with Crippen molar-refractivity contribution in [2.24, 2.45) is 0 Å². The molecule has 1 saturated heterocycles. The fraction of sp³-hybridized carbons (Fsp3) is 0.467. The SMILES string of the molecule is C#CCN1CCN(Cc2ccccc2C(F)(F)F)CC1. The van der Waals surface area contributed by atoms with Gasteiger partial charge in [-0.2, -0.15) is 13.2 Å². The number of rotatable bonds is 3. The number of piperazine rings is 1. The Morgan fingerprint density at radius 3 is 2.25 bits per heavy atom. The maximum Gasteiger partial charge on any atom is 0.416 e. The van der Waals surface area contributed by atoms with Gasteiger partial charge in [-0.3, -0.25) is 9.80 Å². The topological polar surface area (TPSA) is 6.48 Å². The third-order valence-electron chi connectivity index (χ3n) is 3.50. The molecule has 0 aliphatic carbocycles. The van der Waals surface area contributed by atoms with E-state index >= 15 is 0 Å². The molecule has 0 N–H and O–H groups in total. The first-order valence-electron chi connectivity index (χ1n) is 6.54. The van der Waals surface area contributed by atoms with Gasteiger partial charge in [-0.05, 0) is 11.6 Å². The van der Waals surface area contributed by atoms with E-state index in [2.05, 4.69) is 10.8 Å². The Morgan fingerprint density at radius 1 is 1.05 bits per heavy atom. The van der Waals surface area contributed by atoms with Crippen molar-refractivity contribution < 1.29 is 13.2 Å². The van der Waals surface area contributed by atoms with Crippen LogP contribution in [0.2, 0.25) is 0 Å². The average molecular weight is 282 g/mol. The molecule has 1 aromatic rings. The van der Waals surface area contributed by atoms with Gasteiger partial charge in [-0.1, -0.05) is 24.1 Å². The molecule has 1 fully saturated rings. The van der Waals surface area contributed by atoms with Crippen LogP contribution in [0.4, 0.5) is 13.2 Å². The predicted molar refractivity (Wildman–Crippen MR) is 72.0 cm³/mol. The first-order valence-corrected chi connectivity index (χ1v) is 6.54. The van der Waals surface area contributed by atoms with Crippen molar-refractivity contribution in [3.05, 3.63) is 35.4 Å². The summed E-state index contributed by atoms with van der Waals surface area (Å²) in [6.07, 6.45) is 0.965. The number of halogens is 3. The van der Waals surface area contributed by atoms with E-state index in [1.54, 1.807) is 12.1 Å². The molecule has 2 rings (SSSR count). The Balaban J connectivity index is 2.00. The van der Waals surface area contributed by atoms with Crippen LogP contribution < -0.4 is 0 Å². The van der Waals surface area contributed by atoms with Gasteiger partial charge in [0.15, 0.2) is 0 Å². The molecule has 5 heteroatoms. The minimum atomic E-state index is -4.29. The van der Waals surface area contributed by atoms with E-state index in [9.17, 15) is 13.2 Å². The van der Waals surface area contributed by atoms with Crippen LogP contribution in [0.1, 0.15) is 11.1 Å². The summed E-state index contributed by atoms with van der Waals surface area (Å²) in [6.45, 7) is 4.03. The second-order valence-corrected chi connectivity index (χ2v) is 4.91. The molecule has 1 aliphatic heterocycles. The van der Waals surface area contributed by atoms with Crippen LogP contribution in [0, 0.1) is 12.3 Å². The lowest BCUT2D eigenvalue weighted by Gasteiger charge is -2.34. The molecule has 2 nitrogen and oxygen atoms in total. The third-order valence-corrected chi connectivity index (χ3v) is 3.50. The van der Waals surface area contributed by atoms with Gasteiger partial charge in [0.25, 0.3) is 0 Å². The van der Waals surface area contributed by atoms with E-state index in [1.165, 1.54) is 6.07 Å². The Labute approximate surface area is 117 Å². The van der Waals surface area contributed by atoms with Crippen LogP contribution in [0.5, 0.6) is 0 Å². The van der Waals surface area contributed by atoms with Crippen molar-refractivity contribution >= 4 is 0 Å². The highest BCUT2D eigenvalue weighted by molar-refractivity contribution is 5.29. The third kappa shape index (κ3) is 3.75. The van der Waals surface area contributed by atoms with Gasteiger partial charge >= 0.3 is 6.18 Å². The maximum absolute atomic E-state index is 12.9. The number of benzene rings is 1. The molecule has 1 aromatic carbocycles. The highest BCUT2D eigenvalue weighted by Gasteiger charge is 2.33. The summed E-state index contributed by atoms with van der Waals surface area (Å²) < 4.78 is 38.7. The normalized spacial score (nSPS) is 17.9. The quantitative estimate of drug-likeness (QED) is 0.786. The molecule has 0 amide bonds. The van der Waals surface area contributed by atoms with Crippen LogP contribution in [0.15, 0.2) is 24.3 Å². The largest absolute Gasteiger partial charge is 0.416 e. The van der Waals surface area contributed by atoms with Crippen LogP contribution in [-0.2, 0) is 12.7 Å². The van der Waals surface area contributed by atoms with E-state index in [-0.39, 0.29) is 0 Å². The summed E-state index contributed by atoms with van der Waals surface area (Å²) in [5, 5.41) is 0. The van der Waals surface area contributed by atoms with Crippen LogP contribution in [-0.4, -0.2) is 42.5 Å². The number of nitrogens with zero attached hydrogens (tertiary/aromatic N) is 2. The Kier molecular flexibility index (Phi) is 4.69. The second kappa shape index (κ2) is 6.29. The fourth-order valence-electron chi connectivity index (χ4n) is 2.41. The lowest BCUT2D eigenvalue weighted by Crippen LogP contribution is -2.46. The van der Waals surface area contributed by atoms with E-state index in [0.29, 0.717) is 18.7 Å². The van der Waals surface area contributed by atoms with E-state index in [1.807, 2.05) is 4.90 Å². The van der Waals surface area contributed by atoms with Crippen molar-refractivity contribution in [3.8, 4) is 12.3 Å². The molecule has 0 radical (unpaired) electrons. The van der Waals surface area contributed by atoms with Gasteiger partial charge in [-0.15, -0.1) is 6.42 Å². The van der Waals surface area contributed by atoms with E-state index in [0.717, 1.165) is 32.2 Å². The van der Waals surface area contributed by atoms with Gasteiger partial charge < -0.3 is 0 Å². The molecule has 20 heavy (non-hydrogen) atoms. The zero-order valence-corrected chi connectivity index (χ0v) is 11.2. The molecule has 108 valence electrons. The lowest BCUT2D eigenvalue weighted by atomic mass is 10.1. The molecule has 1 heterocycles. The van der Waals surface area contributed by atoms with Gasteiger partial charge in [0.05, 0.1) is 12.1 Å². The lowest BCUT2D eigenvalue weighted by molar-refractivity contribution is -0.138. The zero-order valence-electron chi connectivity index (χ0n) is 11.2. The first kappa shape index (κ1) is 14.9. The van der Waals surface area contributed by atoms with E-state index in [4.69, 9.17) is 6.42 Å². The van der Waals surface area contributed by atoms with Gasteiger partial charge in [0, 0.05) is 32.7 Å². The Hall–Kier alpha value is -1.51. The number of alkyl halides is 3. The highest BCUT2D eigenvalue weighted by atomic mass is 19.4. The molecule has 0 aromatic heterocycles. The van der Waals surface area contributed by atoms with Gasteiger partial charge in [0.1, 0.15) is 0 Å². The standard InChI is InChI=1S/C15H17F3N2/c1-2-7-19-8-10-20(11-9-19)12-13-5-3-4-6-14(13)15(16,17)18/h1,3-6H,7-12H2. The van der Waals surface area contributed by atoms with E-state index < -0.39 is 11.7 Å². The van der Waals surface area contributed by atoms with Crippen LogP contribution >= 0.6 is 0 Å². The van der Waals surface area contributed by atoms with Gasteiger partial charge in [-0.25, -0.2) is 0 Å². The Bertz CT molecular complexity index is 483. The molecule has 0 spiro atoms. The molecule has 0 unspecified atom stereocenters. The van der Waals surface area contributed by atoms with Crippen molar-refractivity contribution in [2.45, 2.75) is 12.7 Å². The minimum absolute atomic E-state index is 0.333. The summed E-state index contributed by atoms with van der Waals surface area (Å²) in [4.78, 5) is 4.17. The van der Waals surface area contributed by atoms with Crippen molar-refractivity contribution in [2.75, 3.05) is 32.7 Å². The monoisotopic (exact) mass is 282 g/mol. The molecule has 0 saturated carbocycles. The molecular weight excluding hydrogens is 265 g/mol. The summed E-state index contributed by atoms with van der Waals surface area (Å²) in [7, 11) is 0. The van der Waals surface area contributed by atoms with Crippen LogP contribution in [0.25, 0.3) is 0 Å².